The maximum absolute atomic E-state index is 12.7. The van der Waals surface area contributed by atoms with E-state index in [0.29, 0.717) is 11.4 Å². The van der Waals surface area contributed by atoms with Gasteiger partial charge in [0.15, 0.2) is 5.71 Å². The molecule has 0 saturated carbocycles. The van der Waals surface area contributed by atoms with Crippen molar-refractivity contribution in [2.75, 3.05) is 23.0 Å². The number of carbonyl (C=O) groups is 1. The summed E-state index contributed by atoms with van der Waals surface area (Å²) in [5.74, 6) is -0.198. The van der Waals surface area contributed by atoms with E-state index in [0.717, 1.165) is 30.2 Å². The van der Waals surface area contributed by atoms with Crippen LogP contribution in [0.2, 0.25) is 0 Å². The van der Waals surface area contributed by atoms with Crippen LogP contribution in [-0.4, -0.2) is 30.4 Å². The van der Waals surface area contributed by atoms with E-state index >= 15 is 0 Å². The Bertz CT molecular complexity index is 805. The zero-order valence-corrected chi connectivity index (χ0v) is 14.8. The molecule has 25 heavy (non-hydrogen) atoms. The molecule has 0 unspecified atom stereocenters. The normalized spacial score (nSPS) is 15.6. The van der Waals surface area contributed by atoms with Gasteiger partial charge in [0.05, 0.1) is 17.1 Å². The van der Waals surface area contributed by atoms with Gasteiger partial charge in [0.1, 0.15) is 0 Å². The Kier molecular flexibility index (Phi) is 4.93. The van der Waals surface area contributed by atoms with Crippen molar-refractivity contribution in [1.82, 2.24) is 0 Å². The number of hydrazone groups is 1. The van der Waals surface area contributed by atoms with Crippen LogP contribution in [0.3, 0.4) is 0 Å². The Morgan fingerprint density at radius 2 is 1.64 bits per heavy atom. The number of rotatable bonds is 5. The van der Waals surface area contributed by atoms with E-state index < -0.39 is 0 Å². The largest absolute Gasteiger partial charge is 0.372 e. The molecule has 0 atom stereocenters. The van der Waals surface area contributed by atoms with E-state index in [-0.39, 0.29) is 5.91 Å². The van der Waals surface area contributed by atoms with Crippen molar-refractivity contribution in [3.8, 4) is 0 Å². The number of amides is 1. The summed E-state index contributed by atoms with van der Waals surface area (Å²) in [5.41, 5.74) is 3.67. The third-order valence-corrected chi connectivity index (χ3v) is 4.21. The molecule has 0 aliphatic carbocycles. The first-order valence-corrected chi connectivity index (χ1v) is 8.52. The second kappa shape index (κ2) is 7.30. The lowest BCUT2D eigenvalue weighted by Gasteiger charge is -2.20. The number of para-hydroxylation sites is 1. The minimum absolute atomic E-state index is 0.198. The molecule has 1 amide bonds. The first kappa shape index (κ1) is 16.9. The summed E-state index contributed by atoms with van der Waals surface area (Å²) in [5, 5.41) is 5.75. The lowest BCUT2D eigenvalue weighted by atomic mass is 10.2. The van der Waals surface area contributed by atoms with Gasteiger partial charge in [-0.05, 0) is 57.2 Å². The summed E-state index contributed by atoms with van der Waals surface area (Å²) in [6, 6.07) is 17.3. The summed E-state index contributed by atoms with van der Waals surface area (Å²) in [7, 11) is 0. The van der Waals surface area contributed by atoms with Gasteiger partial charge < -0.3 is 4.90 Å². The van der Waals surface area contributed by atoms with Gasteiger partial charge in [0.2, 0.25) is 0 Å². The monoisotopic (exact) mass is 334 g/mol. The van der Waals surface area contributed by atoms with E-state index in [1.807, 2.05) is 61.5 Å². The van der Waals surface area contributed by atoms with Crippen LogP contribution < -0.4 is 9.91 Å². The van der Waals surface area contributed by atoms with E-state index in [9.17, 15) is 4.79 Å². The van der Waals surface area contributed by atoms with E-state index in [2.05, 4.69) is 28.8 Å². The average molecular weight is 334 g/mol. The third-order valence-electron chi connectivity index (χ3n) is 4.21. The molecule has 1 aliphatic rings. The molecule has 2 aromatic rings. The van der Waals surface area contributed by atoms with Crippen molar-refractivity contribution < 1.29 is 4.79 Å². The fraction of sp³-hybridized carbons (Fsp3) is 0.250. The highest BCUT2D eigenvalue weighted by molar-refractivity contribution is 6.71. The Hall–Kier alpha value is -2.95. The molecule has 0 saturated heterocycles. The smallest absolute Gasteiger partial charge is 0.299 e. The Morgan fingerprint density at radius 1 is 1.00 bits per heavy atom. The molecule has 0 fully saturated rings. The van der Waals surface area contributed by atoms with Crippen molar-refractivity contribution in [3.63, 3.8) is 0 Å². The summed E-state index contributed by atoms with van der Waals surface area (Å²) in [6.45, 7) is 7.99. The highest BCUT2D eigenvalue weighted by Crippen LogP contribution is 2.23. The minimum atomic E-state index is -0.198. The molecular formula is C20H22N4O. The zero-order chi connectivity index (χ0) is 17.8. The van der Waals surface area contributed by atoms with Gasteiger partial charge in [-0.1, -0.05) is 18.2 Å². The molecular weight excluding hydrogens is 312 g/mol. The summed E-state index contributed by atoms with van der Waals surface area (Å²) < 4.78 is 0. The second-order valence-electron chi connectivity index (χ2n) is 5.79. The molecule has 0 radical (unpaired) electrons. The van der Waals surface area contributed by atoms with Gasteiger partial charge in [-0.3, -0.25) is 4.79 Å². The highest BCUT2D eigenvalue weighted by atomic mass is 16.2. The summed E-state index contributed by atoms with van der Waals surface area (Å²) in [4.78, 5) is 19.5. The van der Waals surface area contributed by atoms with Gasteiger partial charge >= 0.3 is 0 Å². The minimum Gasteiger partial charge on any atom is -0.372 e. The van der Waals surface area contributed by atoms with Crippen LogP contribution in [0.4, 0.5) is 17.1 Å². The SMILES string of the molecule is CCN(CC)c1ccc(N=C2C(=O)N(c3ccccc3)N=C2C)cc1. The Morgan fingerprint density at radius 3 is 2.24 bits per heavy atom. The Labute approximate surface area is 148 Å². The molecule has 0 spiro atoms. The number of hydrogen-bond donors (Lipinski definition) is 0. The van der Waals surface area contributed by atoms with Crippen LogP contribution in [0.25, 0.3) is 0 Å². The van der Waals surface area contributed by atoms with E-state index in [1.165, 1.54) is 5.01 Å². The molecule has 0 bridgehead atoms. The zero-order valence-electron chi connectivity index (χ0n) is 14.8. The molecule has 128 valence electrons. The first-order valence-electron chi connectivity index (χ1n) is 8.52. The number of benzene rings is 2. The van der Waals surface area contributed by atoms with Crippen molar-refractivity contribution in [2.45, 2.75) is 20.8 Å². The first-order chi connectivity index (χ1) is 12.1. The molecule has 5 nitrogen and oxygen atoms in total. The number of nitrogens with zero attached hydrogens (tertiary/aromatic N) is 4. The maximum Gasteiger partial charge on any atom is 0.299 e. The molecule has 3 rings (SSSR count). The van der Waals surface area contributed by atoms with Crippen LogP contribution in [0.1, 0.15) is 20.8 Å². The highest BCUT2D eigenvalue weighted by Gasteiger charge is 2.30. The number of hydrogen-bond acceptors (Lipinski definition) is 4. The second-order valence-corrected chi connectivity index (χ2v) is 5.79. The number of carbonyl (C=O) groups excluding carboxylic acids is 1. The predicted molar refractivity (Wildman–Crippen MR) is 104 cm³/mol. The van der Waals surface area contributed by atoms with Crippen LogP contribution in [0.5, 0.6) is 0 Å². The molecule has 0 N–H and O–H groups in total. The average Bonchev–Trinajstić information content (AvgIpc) is 2.93. The van der Waals surface area contributed by atoms with Gasteiger partial charge in [0, 0.05) is 18.8 Å². The quantitative estimate of drug-likeness (QED) is 0.829. The van der Waals surface area contributed by atoms with E-state index in [4.69, 9.17) is 0 Å². The van der Waals surface area contributed by atoms with Gasteiger partial charge in [-0.25, -0.2) is 4.99 Å². The van der Waals surface area contributed by atoms with Gasteiger partial charge in [0.25, 0.3) is 5.91 Å². The van der Waals surface area contributed by atoms with E-state index in [1.54, 1.807) is 0 Å². The van der Waals surface area contributed by atoms with Crippen molar-refractivity contribution in [3.05, 3.63) is 54.6 Å². The lowest BCUT2D eigenvalue weighted by Crippen LogP contribution is -2.27. The van der Waals surface area contributed by atoms with Crippen molar-refractivity contribution >= 4 is 34.4 Å². The van der Waals surface area contributed by atoms with Crippen LogP contribution in [-0.2, 0) is 4.79 Å². The van der Waals surface area contributed by atoms with Crippen LogP contribution in [0.15, 0.2) is 64.7 Å². The fourth-order valence-electron chi connectivity index (χ4n) is 2.83. The number of anilines is 2. The predicted octanol–water partition coefficient (Wildman–Crippen LogP) is 4.03. The maximum atomic E-state index is 12.7. The van der Waals surface area contributed by atoms with Gasteiger partial charge in [-0.2, -0.15) is 10.1 Å². The van der Waals surface area contributed by atoms with Crippen LogP contribution in [0, 0.1) is 0 Å². The number of aliphatic imine (C=N–C) groups is 1. The molecule has 1 heterocycles. The molecule has 5 heteroatoms. The lowest BCUT2D eigenvalue weighted by molar-refractivity contribution is -0.112. The summed E-state index contributed by atoms with van der Waals surface area (Å²) >= 11 is 0. The van der Waals surface area contributed by atoms with Crippen LogP contribution >= 0.6 is 0 Å². The molecule has 2 aromatic carbocycles. The van der Waals surface area contributed by atoms with Crippen molar-refractivity contribution in [2.24, 2.45) is 10.1 Å². The summed E-state index contributed by atoms with van der Waals surface area (Å²) in [6.07, 6.45) is 0. The van der Waals surface area contributed by atoms with Gasteiger partial charge in [-0.15, -0.1) is 0 Å². The topological polar surface area (TPSA) is 48.3 Å². The third kappa shape index (κ3) is 3.45. The molecule has 0 aromatic heterocycles. The fourth-order valence-corrected chi connectivity index (χ4v) is 2.83. The Balaban J connectivity index is 1.84. The standard InChI is InChI=1S/C20H22N4O/c1-4-23(5-2)17-13-11-16(12-14-17)21-19-15(3)22-24(20(19)25)18-9-7-6-8-10-18/h6-14H,4-5H2,1-3H3. The van der Waals surface area contributed by atoms with Crippen molar-refractivity contribution in [1.29, 1.82) is 0 Å². The molecule has 1 aliphatic heterocycles.